The molecule has 0 saturated carbocycles. The molecule has 1 aromatic rings. The Hall–Kier alpha value is -1.66. The van der Waals surface area contributed by atoms with Crippen LogP contribution in [0, 0.1) is 0 Å². The second kappa shape index (κ2) is 5.03. The average Bonchev–Trinajstić information content (AvgIpc) is 2.58. The Kier molecular flexibility index (Phi) is 3.71. The number of hydrogen-bond acceptors (Lipinski definition) is 1. The van der Waals surface area contributed by atoms with E-state index in [1.54, 1.807) is 24.3 Å². The molecule has 1 aliphatic rings. The van der Waals surface area contributed by atoms with E-state index in [1.165, 1.54) is 0 Å². The first-order valence-electron chi connectivity index (χ1n) is 6.04. The van der Waals surface area contributed by atoms with Crippen molar-refractivity contribution in [2.24, 2.45) is 0 Å². The maximum atomic E-state index is 13.1. The molecular formula is C13H12F5NO. The molecule has 0 aromatic heterocycles. The van der Waals surface area contributed by atoms with Crippen molar-refractivity contribution in [3.8, 4) is 0 Å². The lowest BCUT2D eigenvalue weighted by Crippen LogP contribution is -2.51. The fourth-order valence-electron chi connectivity index (χ4n) is 2.19. The molecule has 0 N–H and O–H groups in total. The Balaban J connectivity index is 2.24. The van der Waals surface area contributed by atoms with E-state index >= 15 is 0 Å². The van der Waals surface area contributed by atoms with Gasteiger partial charge in [-0.05, 0) is 24.0 Å². The molecule has 0 fully saturated rings. The highest BCUT2D eigenvalue weighted by Gasteiger charge is 2.64. The van der Waals surface area contributed by atoms with Gasteiger partial charge in [0.2, 0.25) is 0 Å². The van der Waals surface area contributed by atoms with Crippen molar-refractivity contribution < 1.29 is 26.7 Å². The number of amides is 1. The smallest absolute Gasteiger partial charge is 0.333 e. The SMILES string of the molecule is O=C(N1CCCc2ccccc2C1)C(F)(F)C(F)(F)F. The molecule has 2 nitrogen and oxygen atoms in total. The van der Waals surface area contributed by atoms with Gasteiger partial charge in [-0.1, -0.05) is 24.3 Å². The van der Waals surface area contributed by atoms with Gasteiger partial charge in [-0.15, -0.1) is 0 Å². The molecule has 0 unspecified atom stereocenters. The van der Waals surface area contributed by atoms with E-state index in [0.29, 0.717) is 23.3 Å². The fraction of sp³-hybridized carbons (Fsp3) is 0.462. The number of alkyl halides is 5. The third kappa shape index (κ3) is 2.62. The summed E-state index contributed by atoms with van der Waals surface area (Å²) in [6.07, 6.45) is -4.95. The van der Waals surface area contributed by atoms with Crippen LogP contribution in [-0.2, 0) is 17.8 Å². The van der Waals surface area contributed by atoms with Gasteiger partial charge < -0.3 is 4.90 Å². The van der Waals surface area contributed by atoms with Crippen LogP contribution in [0.25, 0.3) is 0 Å². The second-order valence-corrected chi connectivity index (χ2v) is 4.67. The number of carbonyl (C=O) groups is 1. The Labute approximate surface area is 112 Å². The van der Waals surface area contributed by atoms with Gasteiger partial charge in [-0.25, -0.2) is 0 Å². The normalized spacial score (nSPS) is 16.6. The van der Waals surface area contributed by atoms with E-state index in [1.807, 2.05) is 0 Å². The van der Waals surface area contributed by atoms with Gasteiger partial charge in [0.1, 0.15) is 0 Å². The first kappa shape index (κ1) is 14.7. The van der Waals surface area contributed by atoms with Gasteiger partial charge >= 0.3 is 18.0 Å². The van der Waals surface area contributed by atoms with Crippen LogP contribution in [0.5, 0.6) is 0 Å². The van der Waals surface area contributed by atoms with Gasteiger partial charge in [0, 0.05) is 13.1 Å². The number of aryl methyl sites for hydroxylation is 1. The maximum Gasteiger partial charge on any atom is 0.463 e. The first-order valence-corrected chi connectivity index (χ1v) is 6.04. The topological polar surface area (TPSA) is 20.3 Å². The number of carbonyl (C=O) groups excluding carboxylic acids is 1. The summed E-state index contributed by atoms with van der Waals surface area (Å²) >= 11 is 0. The van der Waals surface area contributed by atoms with Gasteiger partial charge in [0.25, 0.3) is 0 Å². The van der Waals surface area contributed by atoms with Crippen LogP contribution in [0.15, 0.2) is 24.3 Å². The molecule has 0 radical (unpaired) electrons. The highest BCUT2D eigenvalue weighted by atomic mass is 19.4. The van der Waals surface area contributed by atoms with Crippen molar-refractivity contribution in [3.63, 3.8) is 0 Å². The Morgan fingerprint density at radius 2 is 1.65 bits per heavy atom. The molecule has 1 heterocycles. The molecule has 0 saturated heterocycles. The van der Waals surface area contributed by atoms with Crippen molar-refractivity contribution in [2.75, 3.05) is 6.54 Å². The van der Waals surface area contributed by atoms with Crippen molar-refractivity contribution >= 4 is 5.91 Å². The van der Waals surface area contributed by atoms with Crippen molar-refractivity contribution in [1.82, 2.24) is 4.90 Å². The molecule has 0 aliphatic carbocycles. The number of benzene rings is 1. The molecule has 20 heavy (non-hydrogen) atoms. The highest BCUT2D eigenvalue weighted by Crippen LogP contribution is 2.37. The summed E-state index contributed by atoms with van der Waals surface area (Å²) in [5.74, 6) is -7.52. The maximum absolute atomic E-state index is 13.1. The van der Waals surface area contributed by atoms with Crippen LogP contribution in [0.2, 0.25) is 0 Å². The number of nitrogens with zero attached hydrogens (tertiary/aromatic N) is 1. The zero-order valence-electron chi connectivity index (χ0n) is 10.4. The largest absolute Gasteiger partial charge is 0.463 e. The lowest BCUT2D eigenvalue weighted by Gasteiger charge is -2.27. The van der Waals surface area contributed by atoms with Crippen molar-refractivity contribution in [1.29, 1.82) is 0 Å². The molecule has 0 spiro atoms. The highest BCUT2D eigenvalue weighted by molar-refractivity contribution is 5.84. The van der Waals surface area contributed by atoms with E-state index in [2.05, 4.69) is 0 Å². The van der Waals surface area contributed by atoms with Crippen LogP contribution in [0.1, 0.15) is 17.5 Å². The van der Waals surface area contributed by atoms with Gasteiger partial charge in [-0.2, -0.15) is 22.0 Å². The molecule has 0 atom stereocenters. The number of rotatable bonds is 1. The molecule has 1 aromatic carbocycles. The molecule has 110 valence electrons. The van der Waals surface area contributed by atoms with Gasteiger partial charge in [0.05, 0.1) is 0 Å². The number of hydrogen-bond donors (Lipinski definition) is 0. The van der Waals surface area contributed by atoms with Crippen LogP contribution < -0.4 is 0 Å². The molecule has 7 heteroatoms. The van der Waals surface area contributed by atoms with E-state index in [-0.39, 0.29) is 13.1 Å². The van der Waals surface area contributed by atoms with Crippen LogP contribution in [0.3, 0.4) is 0 Å². The Morgan fingerprint density at radius 1 is 1.05 bits per heavy atom. The van der Waals surface area contributed by atoms with E-state index in [4.69, 9.17) is 0 Å². The second-order valence-electron chi connectivity index (χ2n) is 4.67. The fourth-order valence-corrected chi connectivity index (χ4v) is 2.19. The van der Waals surface area contributed by atoms with Gasteiger partial charge in [0.15, 0.2) is 0 Å². The van der Waals surface area contributed by atoms with Crippen LogP contribution in [-0.4, -0.2) is 29.5 Å². The summed E-state index contributed by atoms with van der Waals surface area (Å²) in [6, 6.07) is 6.84. The Morgan fingerprint density at radius 3 is 2.25 bits per heavy atom. The zero-order chi connectivity index (χ0) is 15.0. The molecule has 1 amide bonds. The minimum atomic E-state index is -5.87. The summed E-state index contributed by atoms with van der Waals surface area (Å²) in [7, 11) is 0. The standard InChI is InChI=1S/C13H12F5NO/c14-12(15,13(16,17)18)11(20)19-7-3-6-9-4-1-2-5-10(9)8-19/h1-2,4-5H,3,6-8H2. The van der Waals surface area contributed by atoms with Gasteiger partial charge in [-0.3, -0.25) is 4.79 Å². The first-order chi connectivity index (χ1) is 9.23. The molecule has 2 rings (SSSR count). The molecular weight excluding hydrogens is 281 g/mol. The third-order valence-corrected chi connectivity index (χ3v) is 3.27. The summed E-state index contributed by atoms with van der Waals surface area (Å²) in [5.41, 5.74) is 1.48. The number of halogens is 5. The minimum Gasteiger partial charge on any atom is -0.333 e. The lowest BCUT2D eigenvalue weighted by molar-refractivity contribution is -0.274. The quantitative estimate of drug-likeness (QED) is 0.728. The van der Waals surface area contributed by atoms with Crippen LogP contribution >= 0.6 is 0 Å². The predicted molar refractivity (Wildman–Crippen MR) is 61.2 cm³/mol. The number of fused-ring (bicyclic) bond motifs is 1. The van der Waals surface area contributed by atoms with Crippen molar-refractivity contribution in [2.45, 2.75) is 31.5 Å². The summed E-state index contributed by atoms with van der Waals surface area (Å²) in [4.78, 5) is 12.1. The summed E-state index contributed by atoms with van der Waals surface area (Å²) in [6.45, 7) is -0.333. The average molecular weight is 293 g/mol. The zero-order valence-corrected chi connectivity index (χ0v) is 10.4. The van der Waals surface area contributed by atoms with Crippen molar-refractivity contribution in [3.05, 3.63) is 35.4 Å². The molecule has 0 bridgehead atoms. The van der Waals surface area contributed by atoms with Crippen LogP contribution in [0.4, 0.5) is 22.0 Å². The molecule has 1 aliphatic heterocycles. The monoisotopic (exact) mass is 293 g/mol. The van der Waals surface area contributed by atoms with E-state index in [0.717, 1.165) is 5.56 Å². The third-order valence-electron chi connectivity index (χ3n) is 3.27. The predicted octanol–water partition coefficient (Wildman–Crippen LogP) is 3.16. The van der Waals surface area contributed by atoms with E-state index < -0.39 is 18.0 Å². The lowest BCUT2D eigenvalue weighted by atomic mass is 10.0. The Bertz CT molecular complexity index is 512. The summed E-state index contributed by atoms with van der Waals surface area (Å²) in [5, 5.41) is 0. The minimum absolute atomic E-state index is 0.112. The van der Waals surface area contributed by atoms with E-state index in [9.17, 15) is 26.7 Å². The summed E-state index contributed by atoms with van der Waals surface area (Å²) < 4.78 is 62.9.